The van der Waals surface area contributed by atoms with Crippen molar-refractivity contribution in [1.29, 1.82) is 0 Å². The minimum absolute atomic E-state index is 0.0296. The number of nitrogens with zero attached hydrogens (tertiary/aromatic N) is 3. The number of allylic oxidation sites excluding steroid dienone is 1. The molecule has 7 rings (SSSR count). The number of fused-ring (bicyclic) bond motifs is 6. The number of hydrogen-bond donors (Lipinski definition) is 2. The Bertz CT molecular complexity index is 1540. The van der Waals surface area contributed by atoms with Crippen molar-refractivity contribution < 1.29 is 33.0 Å². The number of carbonyl (C=O) groups is 2. The maximum atomic E-state index is 18.0. The smallest absolute Gasteiger partial charge is 0.335 e. The molecule has 3 fully saturated rings. The summed E-state index contributed by atoms with van der Waals surface area (Å²) in [6, 6.07) is 5.19. The first-order valence-electron chi connectivity index (χ1n) is 14.4. The van der Waals surface area contributed by atoms with Crippen molar-refractivity contribution in [1.82, 2.24) is 9.78 Å². The van der Waals surface area contributed by atoms with E-state index in [0.717, 1.165) is 16.8 Å². The van der Waals surface area contributed by atoms with Gasteiger partial charge in [0.05, 0.1) is 23.7 Å². The lowest BCUT2D eigenvalue weighted by Crippen LogP contribution is -2.70. The van der Waals surface area contributed by atoms with Gasteiger partial charge in [-0.25, -0.2) is 23.2 Å². The fraction of sp³-hybridized carbons (Fsp3) is 0.548. The third-order valence-corrected chi connectivity index (χ3v) is 11.6. The van der Waals surface area contributed by atoms with Gasteiger partial charge in [0.2, 0.25) is 5.12 Å². The SMILES string of the molecule is C[C@]12Cc3cnn(-c4ccc(F)cc4)c3C=C1CC[C@H]1[C@@H]3CC[C@](OC(=O)C4COC=N4)(C(=O)S)[C@@]3(C)C[C@H](O)[C@@]12F. The Morgan fingerprint density at radius 1 is 1.19 bits per heavy atom. The molecule has 5 aliphatic rings. The normalized spacial score (nSPS) is 39.8. The van der Waals surface area contributed by atoms with Crippen molar-refractivity contribution >= 4 is 36.2 Å². The molecule has 0 amide bonds. The molecule has 42 heavy (non-hydrogen) atoms. The van der Waals surface area contributed by atoms with Crippen LogP contribution in [0, 0.1) is 28.5 Å². The van der Waals surface area contributed by atoms with E-state index >= 15 is 4.39 Å². The highest BCUT2D eigenvalue weighted by atomic mass is 32.1. The van der Waals surface area contributed by atoms with Crippen LogP contribution in [0.25, 0.3) is 11.8 Å². The van der Waals surface area contributed by atoms with Gasteiger partial charge in [-0.15, -0.1) is 12.6 Å². The van der Waals surface area contributed by atoms with E-state index in [1.54, 1.807) is 23.0 Å². The molecule has 1 aromatic carbocycles. The molecule has 0 saturated heterocycles. The second kappa shape index (κ2) is 9.22. The Kier molecular flexibility index (Phi) is 6.10. The van der Waals surface area contributed by atoms with Crippen molar-refractivity contribution in [3.05, 3.63) is 53.1 Å². The Balaban J connectivity index is 1.24. The maximum Gasteiger partial charge on any atom is 0.335 e. The molecule has 0 radical (unpaired) electrons. The van der Waals surface area contributed by atoms with E-state index < -0.39 is 51.2 Å². The molecule has 8 nitrogen and oxygen atoms in total. The Hall–Kier alpha value is -3.05. The fourth-order valence-corrected chi connectivity index (χ4v) is 9.47. The van der Waals surface area contributed by atoms with Gasteiger partial charge in [0.25, 0.3) is 0 Å². The Labute approximate surface area is 247 Å². The number of alkyl halides is 1. The number of carbonyl (C=O) groups excluding carboxylic acids is 2. The number of esters is 1. The van der Waals surface area contributed by atoms with Gasteiger partial charge >= 0.3 is 5.97 Å². The molecule has 1 unspecified atom stereocenters. The number of benzene rings is 1. The van der Waals surface area contributed by atoms with E-state index in [-0.39, 0.29) is 31.2 Å². The van der Waals surface area contributed by atoms with Crippen molar-refractivity contribution in [2.24, 2.45) is 27.7 Å². The predicted molar refractivity (Wildman–Crippen MR) is 152 cm³/mol. The molecular formula is C31H33F2N3O5S. The van der Waals surface area contributed by atoms with Crippen LogP contribution < -0.4 is 0 Å². The highest BCUT2D eigenvalue weighted by molar-refractivity contribution is 7.96. The van der Waals surface area contributed by atoms with E-state index in [0.29, 0.717) is 31.4 Å². The minimum atomic E-state index is -1.99. The number of aromatic nitrogens is 2. The number of rotatable bonds is 4. The lowest BCUT2D eigenvalue weighted by atomic mass is 9.44. The van der Waals surface area contributed by atoms with E-state index in [4.69, 9.17) is 9.47 Å². The van der Waals surface area contributed by atoms with Crippen LogP contribution in [0.4, 0.5) is 8.78 Å². The number of hydrogen-bond acceptors (Lipinski definition) is 7. The van der Waals surface area contributed by atoms with Crippen molar-refractivity contribution in [2.45, 2.75) is 75.8 Å². The van der Waals surface area contributed by atoms with Gasteiger partial charge < -0.3 is 14.6 Å². The van der Waals surface area contributed by atoms with Gasteiger partial charge in [-0.3, -0.25) is 4.79 Å². The summed E-state index contributed by atoms with van der Waals surface area (Å²) in [6.45, 7) is 3.75. The highest BCUT2D eigenvalue weighted by Gasteiger charge is 2.75. The van der Waals surface area contributed by atoms with Crippen molar-refractivity contribution in [3.8, 4) is 5.69 Å². The van der Waals surface area contributed by atoms with Crippen LogP contribution in [0.15, 0.2) is 41.0 Å². The van der Waals surface area contributed by atoms with Crippen LogP contribution in [-0.4, -0.2) is 62.4 Å². The van der Waals surface area contributed by atoms with Gasteiger partial charge in [0.15, 0.2) is 18.0 Å². The Morgan fingerprint density at radius 3 is 2.64 bits per heavy atom. The first kappa shape index (κ1) is 27.8. The number of aliphatic hydroxyl groups is 1. The summed E-state index contributed by atoms with van der Waals surface area (Å²) in [5, 5.41) is 15.8. The lowest BCUT2D eigenvalue weighted by molar-refractivity contribution is -0.229. The average molecular weight is 598 g/mol. The van der Waals surface area contributed by atoms with Crippen LogP contribution in [0.3, 0.4) is 0 Å². The molecular weight excluding hydrogens is 564 g/mol. The van der Waals surface area contributed by atoms with E-state index in [1.807, 2.05) is 19.9 Å². The zero-order valence-electron chi connectivity index (χ0n) is 23.4. The summed E-state index contributed by atoms with van der Waals surface area (Å²) in [5.74, 6) is -1.91. The number of halogens is 2. The average Bonchev–Trinajstić information content (AvgIpc) is 3.68. The van der Waals surface area contributed by atoms with Gasteiger partial charge in [-0.1, -0.05) is 19.4 Å². The first-order valence-corrected chi connectivity index (χ1v) is 14.9. The zero-order valence-corrected chi connectivity index (χ0v) is 24.3. The summed E-state index contributed by atoms with van der Waals surface area (Å²) in [5.41, 5.74) is -2.33. The number of thiol groups is 1. The van der Waals surface area contributed by atoms with Crippen molar-refractivity contribution in [2.75, 3.05) is 6.61 Å². The summed E-state index contributed by atoms with van der Waals surface area (Å²) in [7, 11) is 0. The van der Waals surface area contributed by atoms with E-state index in [2.05, 4.69) is 22.7 Å². The van der Waals surface area contributed by atoms with Gasteiger partial charge in [0, 0.05) is 16.7 Å². The molecule has 0 spiro atoms. The summed E-state index contributed by atoms with van der Waals surface area (Å²) in [6.07, 6.45) is 5.51. The van der Waals surface area contributed by atoms with E-state index in [9.17, 15) is 19.1 Å². The van der Waals surface area contributed by atoms with Crippen LogP contribution in [0.2, 0.25) is 0 Å². The molecule has 1 N–H and O–H groups in total. The zero-order chi connectivity index (χ0) is 29.7. The third kappa shape index (κ3) is 3.49. The minimum Gasteiger partial charge on any atom is -0.481 e. The Morgan fingerprint density at radius 2 is 1.95 bits per heavy atom. The monoisotopic (exact) mass is 597 g/mol. The van der Waals surface area contributed by atoms with Crippen LogP contribution in [-0.2, 0) is 25.5 Å². The molecule has 1 aromatic heterocycles. The quantitative estimate of drug-likeness (QED) is 0.400. The van der Waals surface area contributed by atoms with Gasteiger partial charge in [0.1, 0.15) is 18.1 Å². The van der Waals surface area contributed by atoms with Crippen LogP contribution >= 0.6 is 12.6 Å². The summed E-state index contributed by atoms with van der Waals surface area (Å²) in [4.78, 5) is 30.2. The van der Waals surface area contributed by atoms with Crippen LogP contribution in [0.1, 0.15) is 57.2 Å². The standard InChI is InChI=1S/C31H33F2N3O5S/c1-28-12-17-14-35-36(20-6-4-19(32)5-7-20)24(17)11-18(28)3-8-22-21-9-10-30(27(39)42,41-26(38)23-15-40-16-34-23)29(21,2)13-25(37)31(22,28)33/h4-7,11,14,16,21-23,25,37H,3,8-10,12-13,15H2,1-2H3,(H,39,42)/t21-,22-,23?,25-,28-,29-,30-,31-/m0/s1. The summed E-state index contributed by atoms with van der Waals surface area (Å²) < 4.78 is 44.3. The van der Waals surface area contributed by atoms with Gasteiger partial charge in [-0.2, -0.15) is 5.10 Å². The maximum absolute atomic E-state index is 18.0. The van der Waals surface area contributed by atoms with E-state index in [1.165, 1.54) is 18.5 Å². The number of aliphatic imine (C=N–C) groups is 1. The fourth-order valence-electron chi connectivity index (χ4n) is 9.06. The molecule has 2 aromatic rings. The van der Waals surface area contributed by atoms with Gasteiger partial charge in [-0.05, 0) is 80.3 Å². The third-order valence-electron chi connectivity index (χ3n) is 11.2. The topological polar surface area (TPSA) is 103 Å². The second-order valence-electron chi connectivity index (χ2n) is 13.0. The molecule has 2 heterocycles. The van der Waals surface area contributed by atoms with Crippen LogP contribution in [0.5, 0.6) is 0 Å². The summed E-state index contributed by atoms with van der Waals surface area (Å²) >= 11 is 4.20. The molecule has 8 atom stereocenters. The lowest BCUT2D eigenvalue weighted by Gasteiger charge is -2.63. The van der Waals surface area contributed by atoms with Crippen molar-refractivity contribution in [3.63, 3.8) is 0 Å². The molecule has 3 saturated carbocycles. The second-order valence-corrected chi connectivity index (χ2v) is 13.4. The number of ether oxygens (including phenoxy) is 2. The number of aliphatic hydroxyl groups excluding tert-OH is 1. The molecule has 11 heteroatoms. The molecule has 222 valence electrons. The molecule has 4 aliphatic carbocycles. The highest BCUT2D eigenvalue weighted by Crippen LogP contribution is 2.71. The molecule has 1 aliphatic heterocycles. The predicted octanol–water partition coefficient (Wildman–Crippen LogP) is 4.42. The molecule has 0 bridgehead atoms. The first-order chi connectivity index (χ1) is 19.9. The largest absolute Gasteiger partial charge is 0.481 e.